The number of β-amino-alcohol motifs (C(OH)–C–C–N with tert-alkyl or cyclic N) is 1. The average molecular weight is 654 g/mol. The molecule has 1 amide bonds. The standard InChI is InChI=1S/C32H39F4N3O7/c1-8-45-23-12-18-13-39(29(37-30(42)32(34,35)36)25(18)26(33)28(23)46-9-2)14-21(40)17-10-19(31(3,4)5)27(44-7)20(11-17)38-15-22(41)24(16-38)43-6/h10-12,22,24,41H,8-9,13-16H2,1-7H3/b37-29-/t22-,24-/m0/s1. The first-order chi connectivity index (χ1) is 21.5. The lowest BCUT2D eigenvalue weighted by Gasteiger charge is -2.29. The Balaban J connectivity index is 1.81. The summed E-state index contributed by atoms with van der Waals surface area (Å²) in [6, 6.07) is 4.65. The number of hydrogen-bond donors (Lipinski definition) is 1. The van der Waals surface area contributed by atoms with Gasteiger partial charge in [0.05, 0.1) is 44.2 Å². The molecule has 0 unspecified atom stereocenters. The third-order valence-corrected chi connectivity index (χ3v) is 7.81. The van der Waals surface area contributed by atoms with Crippen LogP contribution in [0.15, 0.2) is 23.2 Å². The smallest absolute Gasteiger partial charge is 0.473 e. The van der Waals surface area contributed by atoms with Gasteiger partial charge in [-0.1, -0.05) is 20.8 Å². The molecule has 252 valence electrons. The summed E-state index contributed by atoms with van der Waals surface area (Å²) in [5, 5.41) is 10.5. The minimum Gasteiger partial charge on any atom is -0.494 e. The van der Waals surface area contributed by atoms with Gasteiger partial charge in [0.1, 0.15) is 17.7 Å². The number of Topliss-reactive ketones (excluding diaryl/α,β-unsaturated/α-hetero) is 1. The predicted octanol–water partition coefficient (Wildman–Crippen LogP) is 4.66. The molecule has 4 rings (SSSR count). The number of aliphatic imine (C=N–C) groups is 1. The molecular formula is C32H39F4N3O7. The minimum absolute atomic E-state index is 0.0288. The first-order valence-corrected chi connectivity index (χ1v) is 14.8. The Morgan fingerprint density at radius 3 is 2.24 bits per heavy atom. The van der Waals surface area contributed by atoms with Crippen LogP contribution in [-0.2, 0) is 21.5 Å². The Hall–Kier alpha value is -3.91. The van der Waals surface area contributed by atoms with E-state index in [0.717, 1.165) is 4.90 Å². The molecular weight excluding hydrogens is 614 g/mol. The molecule has 0 radical (unpaired) electrons. The van der Waals surface area contributed by atoms with Gasteiger partial charge in [-0.3, -0.25) is 9.59 Å². The summed E-state index contributed by atoms with van der Waals surface area (Å²) >= 11 is 0. The number of halogens is 4. The fourth-order valence-electron chi connectivity index (χ4n) is 5.65. The van der Waals surface area contributed by atoms with Gasteiger partial charge >= 0.3 is 12.1 Å². The van der Waals surface area contributed by atoms with Crippen LogP contribution in [0.5, 0.6) is 17.2 Å². The fourth-order valence-corrected chi connectivity index (χ4v) is 5.65. The average Bonchev–Trinajstić information content (AvgIpc) is 3.52. The van der Waals surface area contributed by atoms with Gasteiger partial charge in [0.25, 0.3) is 0 Å². The summed E-state index contributed by atoms with van der Waals surface area (Å²) in [5.74, 6) is -4.47. The Kier molecular flexibility index (Phi) is 10.2. The van der Waals surface area contributed by atoms with E-state index in [2.05, 4.69) is 4.99 Å². The van der Waals surface area contributed by atoms with Gasteiger partial charge in [0, 0.05) is 37.9 Å². The zero-order valence-corrected chi connectivity index (χ0v) is 26.9. The van der Waals surface area contributed by atoms with Crippen molar-refractivity contribution < 1.29 is 51.2 Å². The molecule has 2 atom stereocenters. The van der Waals surface area contributed by atoms with Crippen molar-refractivity contribution in [2.24, 2.45) is 4.99 Å². The SMILES string of the molecule is CCOc1cc2c(c(F)c1OCC)/C(=N/C(=O)C(F)(F)F)N(CC(=O)c1cc(N3C[C@H](OC)[C@@H](O)C3)c(OC)c(C(C)(C)C)c1)C2. The van der Waals surface area contributed by atoms with Gasteiger partial charge in [0.15, 0.2) is 23.1 Å². The summed E-state index contributed by atoms with van der Waals surface area (Å²) in [5.41, 5.74) is 0.675. The van der Waals surface area contributed by atoms with E-state index in [-0.39, 0.29) is 54.5 Å². The van der Waals surface area contributed by atoms with Crippen LogP contribution < -0.4 is 19.1 Å². The topological polar surface area (TPSA) is 110 Å². The molecule has 2 aliphatic rings. The minimum atomic E-state index is -5.33. The van der Waals surface area contributed by atoms with E-state index in [1.165, 1.54) is 20.3 Å². The second-order valence-electron chi connectivity index (χ2n) is 12.0. The molecule has 10 nitrogen and oxygen atoms in total. The highest BCUT2D eigenvalue weighted by Crippen LogP contribution is 2.43. The highest BCUT2D eigenvalue weighted by atomic mass is 19.4. The van der Waals surface area contributed by atoms with Crippen molar-refractivity contribution >= 4 is 23.2 Å². The second-order valence-corrected chi connectivity index (χ2v) is 12.0. The van der Waals surface area contributed by atoms with Crippen LogP contribution >= 0.6 is 0 Å². The quantitative estimate of drug-likeness (QED) is 0.289. The van der Waals surface area contributed by atoms with Crippen LogP contribution in [-0.4, -0.2) is 93.0 Å². The van der Waals surface area contributed by atoms with Crippen molar-refractivity contribution in [3.63, 3.8) is 0 Å². The van der Waals surface area contributed by atoms with Gasteiger partial charge in [0.2, 0.25) is 0 Å². The molecule has 14 heteroatoms. The van der Waals surface area contributed by atoms with Crippen molar-refractivity contribution in [3.8, 4) is 17.2 Å². The second kappa shape index (κ2) is 13.4. The van der Waals surface area contributed by atoms with E-state index in [9.17, 15) is 27.9 Å². The lowest BCUT2D eigenvalue weighted by molar-refractivity contribution is -0.169. The number of benzene rings is 2. The number of carbonyl (C=O) groups excluding carboxylic acids is 2. The van der Waals surface area contributed by atoms with Crippen molar-refractivity contribution in [2.45, 2.75) is 65.0 Å². The maximum Gasteiger partial charge on any atom is 0.473 e. The van der Waals surface area contributed by atoms with E-state index in [1.54, 1.807) is 26.0 Å². The number of fused-ring (bicyclic) bond motifs is 1. The molecule has 2 heterocycles. The van der Waals surface area contributed by atoms with Crippen LogP contribution in [0.25, 0.3) is 0 Å². The molecule has 0 spiro atoms. The molecule has 0 aliphatic carbocycles. The summed E-state index contributed by atoms with van der Waals surface area (Å²) in [6.45, 7) is 9.01. The number of aliphatic hydroxyl groups excluding tert-OH is 1. The van der Waals surface area contributed by atoms with Crippen molar-refractivity contribution in [1.29, 1.82) is 0 Å². The summed E-state index contributed by atoms with van der Waals surface area (Å²) in [6.07, 6.45) is -6.60. The summed E-state index contributed by atoms with van der Waals surface area (Å²) in [7, 11) is 2.99. The fraction of sp³-hybridized carbons (Fsp3) is 0.531. The van der Waals surface area contributed by atoms with E-state index < -0.39 is 53.7 Å². The number of alkyl halides is 3. The first kappa shape index (κ1) is 35.0. The Morgan fingerprint density at radius 1 is 1.02 bits per heavy atom. The maximum atomic E-state index is 15.9. The van der Waals surface area contributed by atoms with Gasteiger partial charge in [-0.15, -0.1) is 0 Å². The summed E-state index contributed by atoms with van der Waals surface area (Å²) < 4.78 is 78.2. The number of hydrogen-bond acceptors (Lipinski definition) is 8. The molecule has 2 aliphatic heterocycles. The molecule has 1 saturated heterocycles. The van der Waals surface area contributed by atoms with Crippen molar-refractivity contribution in [1.82, 2.24) is 4.90 Å². The number of ketones is 1. The molecule has 0 bridgehead atoms. The number of ether oxygens (including phenoxy) is 4. The Labute approximate surface area is 264 Å². The number of anilines is 1. The molecule has 1 fully saturated rings. The zero-order valence-electron chi connectivity index (χ0n) is 26.9. The highest BCUT2D eigenvalue weighted by molar-refractivity contribution is 6.11. The molecule has 0 saturated carbocycles. The molecule has 2 aromatic rings. The number of carbonyl (C=O) groups is 2. The highest BCUT2D eigenvalue weighted by Gasteiger charge is 2.42. The van der Waals surface area contributed by atoms with Crippen molar-refractivity contribution in [3.05, 3.63) is 46.3 Å². The maximum absolute atomic E-state index is 15.9. The lowest BCUT2D eigenvalue weighted by atomic mass is 9.84. The Morgan fingerprint density at radius 2 is 1.70 bits per heavy atom. The molecule has 46 heavy (non-hydrogen) atoms. The zero-order chi connectivity index (χ0) is 34.1. The Bertz CT molecular complexity index is 1520. The van der Waals surface area contributed by atoms with Crippen LogP contribution in [0.2, 0.25) is 0 Å². The van der Waals surface area contributed by atoms with Gasteiger partial charge < -0.3 is 33.9 Å². The normalized spacial score (nSPS) is 19.1. The third kappa shape index (κ3) is 6.92. The monoisotopic (exact) mass is 653 g/mol. The summed E-state index contributed by atoms with van der Waals surface area (Å²) in [4.78, 5) is 32.3. The lowest BCUT2D eigenvalue weighted by Crippen LogP contribution is -2.34. The number of methoxy groups -OCH3 is 2. The number of nitrogens with zero attached hydrogens (tertiary/aromatic N) is 3. The van der Waals surface area contributed by atoms with Gasteiger partial charge in [-0.05, 0) is 43.0 Å². The third-order valence-electron chi connectivity index (χ3n) is 7.81. The van der Waals surface area contributed by atoms with Gasteiger partial charge in [-0.2, -0.15) is 18.2 Å². The first-order valence-electron chi connectivity index (χ1n) is 14.8. The van der Waals surface area contributed by atoms with E-state index in [1.807, 2.05) is 25.7 Å². The largest absolute Gasteiger partial charge is 0.494 e. The number of amidine groups is 1. The van der Waals surface area contributed by atoms with E-state index >= 15 is 4.39 Å². The molecule has 2 aromatic carbocycles. The van der Waals surface area contributed by atoms with Crippen LogP contribution in [0.4, 0.5) is 23.2 Å². The van der Waals surface area contributed by atoms with Crippen molar-refractivity contribution in [2.75, 3.05) is 52.0 Å². The van der Waals surface area contributed by atoms with Gasteiger partial charge in [-0.25, -0.2) is 4.39 Å². The van der Waals surface area contributed by atoms with Crippen LogP contribution in [0.1, 0.15) is 61.7 Å². The molecule has 1 N–H and O–H groups in total. The molecule has 0 aromatic heterocycles. The van der Waals surface area contributed by atoms with E-state index in [0.29, 0.717) is 23.5 Å². The number of rotatable bonds is 10. The number of amides is 1. The van der Waals surface area contributed by atoms with Crippen LogP contribution in [0, 0.1) is 5.82 Å². The van der Waals surface area contributed by atoms with Crippen LogP contribution in [0.3, 0.4) is 0 Å². The van der Waals surface area contributed by atoms with E-state index in [4.69, 9.17) is 18.9 Å². The number of aliphatic hydroxyl groups is 1. The predicted molar refractivity (Wildman–Crippen MR) is 162 cm³/mol.